The molecule has 1 aromatic heterocycles. The number of anilines is 2. The fraction of sp³-hybridized carbons (Fsp3) is 0.0385. The van der Waals surface area contributed by atoms with Crippen molar-refractivity contribution >= 4 is 34.9 Å². The number of rotatable bonds is 5. The van der Waals surface area contributed by atoms with Crippen LogP contribution in [0.2, 0.25) is 5.02 Å². The van der Waals surface area contributed by atoms with Gasteiger partial charge < -0.3 is 10.6 Å². The zero-order valence-corrected chi connectivity index (χ0v) is 18.1. The Balaban J connectivity index is 1.51. The second kappa shape index (κ2) is 9.45. The van der Waals surface area contributed by atoms with Crippen LogP contribution in [0.4, 0.5) is 11.5 Å². The molecule has 5 nitrogen and oxygen atoms in total. The number of nitrogens with one attached hydrogen (secondary N) is 2. The van der Waals surface area contributed by atoms with E-state index in [4.69, 9.17) is 11.6 Å². The van der Waals surface area contributed by atoms with Gasteiger partial charge >= 0.3 is 0 Å². The molecule has 0 fully saturated rings. The standard InChI is InChI=1S/C26H20ClN3O2/c1-17-6-2-3-7-21(17)18-10-12-19(13-11-18)25(31)29-23-9-5-4-8-22(23)26(32)30-24-15-14-20(27)16-28-24/h2-16H,1H3,(H,29,31)(H,28,30,32). The molecule has 0 atom stereocenters. The summed E-state index contributed by atoms with van der Waals surface area (Å²) in [6.45, 7) is 2.05. The van der Waals surface area contributed by atoms with Gasteiger partial charge in [0.1, 0.15) is 5.82 Å². The van der Waals surface area contributed by atoms with Crippen LogP contribution in [0, 0.1) is 6.92 Å². The number of para-hydroxylation sites is 1. The third-order valence-corrected chi connectivity index (χ3v) is 5.22. The van der Waals surface area contributed by atoms with Gasteiger partial charge in [0.25, 0.3) is 11.8 Å². The number of nitrogens with zero attached hydrogens (tertiary/aromatic N) is 1. The molecule has 158 valence electrons. The molecular formula is C26H20ClN3O2. The van der Waals surface area contributed by atoms with Crippen LogP contribution in [0.5, 0.6) is 0 Å². The van der Waals surface area contributed by atoms with Crippen LogP contribution in [0.25, 0.3) is 11.1 Å². The fourth-order valence-electron chi connectivity index (χ4n) is 3.32. The average Bonchev–Trinajstić information content (AvgIpc) is 2.81. The van der Waals surface area contributed by atoms with E-state index in [1.807, 2.05) is 24.3 Å². The summed E-state index contributed by atoms with van der Waals surface area (Å²) in [5.41, 5.74) is 4.56. The van der Waals surface area contributed by atoms with Gasteiger partial charge in [-0.05, 0) is 60.0 Å². The number of aryl methyl sites for hydroxylation is 1. The highest BCUT2D eigenvalue weighted by atomic mass is 35.5. The van der Waals surface area contributed by atoms with Gasteiger partial charge in [-0.2, -0.15) is 0 Å². The molecule has 0 aliphatic heterocycles. The molecular weight excluding hydrogens is 422 g/mol. The highest BCUT2D eigenvalue weighted by Gasteiger charge is 2.15. The number of hydrogen-bond acceptors (Lipinski definition) is 3. The molecule has 0 unspecified atom stereocenters. The molecule has 0 saturated carbocycles. The lowest BCUT2D eigenvalue weighted by molar-refractivity contribution is 0.102. The maximum absolute atomic E-state index is 12.8. The smallest absolute Gasteiger partial charge is 0.258 e. The van der Waals surface area contributed by atoms with Crippen LogP contribution in [0.15, 0.2) is 91.1 Å². The topological polar surface area (TPSA) is 71.1 Å². The minimum atomic E-state index is -0.384. The summed E-state index contributed by atoms with van der Waals surface area (Å²) in [7, 11) is 0. The maximum atomic E-state index is 12.8. The Bertz CT molecular complexity index is 1270. The predicted molar refractivity (Wildman–Crippen MR) is 128 cm³/mol. The van der Waals surface area contributed by atoms with Crippen LogP contribution in [-0.2, 0) is 0 Å². The molecule has 2 N–H and O–H groups in total. The summed E-state index contributed by atoms with van der Waals surface area (Å²) in [6, 6.07) is 25.5. The van der Waals surface area contributed by atoms with Crippen LogP contribution in [-0.4, -0.2) is 16.8 Å². The molecule has 2 amide bonds. The van der Waals surface area contributed by atoms with Gasteiger partial charge in [0.15, 0.2) is 0 Å². The molecule has 0 saturated heterocycles. The lowest BCUT2D eigenvalue weighted by Crippen LogP contribution is -2.18. The molecule has 1 heterocycles. The highest BCUT2D eigenvalue weighted by molar-refractivity contribution is 6.30. The largest absolute Gasteiger partial charge is 0.321 e. The summed E-state index contributed by atoms with van der Waals surface area (Å²) in [5, 5.41) is 6.02. The fourth-order valence-corrected chi connectivity index (χ4v) is 3.43. The molecule has 0 bridgehead atoms. The van der Waals surface area contributed by atoms with Gasteiger partial charge in [-0.15, -0.1) is 0 Å². The van der Waals surface area contributed by atoms with Gasteiger partial charge in [-0.25, -0.2) is 4.98 Å². The number of pyridine rings is 1. The first-order valence-electron chi connectivity index (χ1n) is 10.0. The zero-order valence-electron chi connectivity index (χ0n) is 17.3. The van der Waals surface area contributed by atoms with Crippen molar-refractivity contribution in [1.29, 1.82) is 0 Å². The first-order valence-corrected chi connectivity index (χ1v) is 10.4. The predicted octanol–water partition coefficient (Wildman–Crippen LogP) is 6.22. The van der Waals surface area contributed by atoms with Gasteiger partial charge in [-0.3, -0.25) is 9.59 Å². The number of hydrogen-bond donors (Lipinski definition) is 2. The number of benzene rings is 3. The summed E-state index contributed by atoms with van der Waals surface area (Å²) in [5.74, 6) is -0.316. The van der Waals surface area contributed by atoms with Crippen molar-refractivity contribution in [3.63, 3.8) is 0 Å². The number of halogens is 1. The van der Waals surface area contributed by atoms with Crippen molar-refractivity contribution in [2.24, 2.45) is 0 Å². The number of carbonyl (C=O) groups is 2. The number of carbonyl (C=O) groups excluding carboxylic acids is 2. The van der Waals surface area contributed by atoms with E-state index in [0.29, 0.717) is 27.7 Å². The van der Waals surface area contributed by atoms with Crippen molar-refractivity contribution in [1.82, 2.24) is 4.98 Å². The first kappa shape index (κ1) is 21.3. The minimum Gasteiger partial charge on any atom is -0.321 e. The van der Waals surface area contributed by atoms with Crippen LogP contribution in [0.1, 0.15) is 26.3 Å². The minimum absolute atomic E-state index is 0.300. The van der Waals surface area contributed by atoms with Gasteiger partial charge in [-0.1, -0.05) is 60.1 Å². The van der Waals surface area contributed by atoms with Gasteiger partial charge in [0, 0.05) is 11.8 Å². The van der Waals surface area contributed by atoms with E-state index in [1.54, 1.807) is 48.5 Å². The van der Waals surface area contributed by atoms with E-state index >= 15 is 0 Å². The van der Waals surface area contributed by atoms with E-state index < -0.39 is 0 Å². The van der Waals surface area contributed by atoms with Crippen molar-refractivity contribution < 1.29 is 9.59 Å². The normalized spacial score (nSPS) is 10.4. The van der Waals surface area contributed by atoms with Crippen molar-refractivity contribution in [3.05, 3.63) is 113 Å². The Morgan fingerprint density at radius 2 is 1.50 bits per heavy atom. The Labute approximate surface area is 191 Å². The van der Waals surface area contributed by atoms with Crippen molar-refractivity contribution in [2.75, 3.05) is 10.6 Å². The monoisotopic (exact) mass is 441 g/mol. The molecule has 4 aromatic rings. The summed E-state index contributed by atoms with van der Waals surface area (Å²) >= 11 is 5.84. The Hall–Kier alpha value is -3.96. The van der Waals surface area contributed by atoms with Crippen molar-refractivity contribution in [3.8, 4) is 11.1 Å². The Morgan fingerprint density at radius 1 is 0.781 bits per heavy atom. The molecule has 0 spiro atoms. The highest BCUT2D eigenvalue weighted by Crippen LogP contribution is 2.24. The average molecular weight is 442 g/mol. The lowest BCUT2D eigenvalue weighted by atomic mass is 9.99. The van der Waals surface area contributed by atoms with E-state index in [2.05, 4.69) is 34.7 Å². The molecule has 0 aliphatic carbocycles. The lowest BCUT2D eigenvalue weighted by Gasteiger charge is -2.12. The van der Waals surface area contributed by atoms with Crippen LogP contribution < -0.4 is 10.6 Å². The number of amides is 2. The Morgan fingerprint density at radius 3 is 2.22 bits per heavy atom. The van der Waals surface area contributed by atoms with E-state index in [-0.39, 0.29) is 11.8 Å². The summed E-state index contributed by atoms with van der Waals surface area (Å²) in [4.78, 5) is 29.6. The van der Waals surface area contributed by atoms with E-state index in [0.717, 1.165) is 11.1 Å². The second-order valence-electron chi connectivity index (χ2n) is 7.21. The molecule has 4 rings (SSSR count). The molecule has 6 heteroatoms. The maximum Gasteiger partial charge on any atom is 0.258 e. The van der Waals surface area contributed by atoms with Crippen LogP contribution >= 0.6 is 11.6 Å². The first-order chi connectivity index (χ1) is 15.5. The van der Waals surface area contributed by atoms with Gasteiger partial charge in [0.2, 0.25) is 0 Å². The number of aromatic nitrogens is 1. The van der Waals surface area contributed by atoms with Crippen molar-refractivity contribution in [2.45, 2.75) is 6.92 Å². The van der Waals surface area contributed by atoms with E-state index in [9.17, 15) is 9.59 Å². The second-order valence-corrected chi connectivity index (χ2v) is 7.64. The third-order valence-electron chi connectivity index (χ3n) is 4.99. The molecule has 3 aromatic carbocycles. The summed E-state index contributed by atoms with van der Waals surface area (Å²) < 4.78 is 0. The summed E-state index contributed by atoms with van der Waals surface area (Å²) in [6.07, 6.45) is 1.45. The van der Waals surface area contributed by atoms with Gasteiger partial charge in [0.05, 0.1) is 16.3 Å². The molecule has 0 aliphatic rings. The van der Waals surface area contributed by atoms with E-state index in [1.165, 1.54) is 11.8 Å². The van der Waals surface area contributed by atoms with Crippen LogP contribution in [0.3, 0.4) is 0 Å². The zero-order chi connectivity index (χ0) is 22.5. The molecule has 0 radical (unpaired) electrons. The quantitative estimate of drug-likeness (QED) is 0.386. The SMILES string of the molecule is Cc1ccccc1-c1ccc(C(=O)Nc2ccccc2C(=O)Nc2ccc(Cl)cn2)cc1. The molecule has 32 heavy (non-hydrogen) atoms. The Kier molecular flexibility index (Phi) is 6.29. The third kappa shape index (κ3) is 4.85.